The molecule has 1 saturated heterocycles. The van der Waals surface area contributed by atoms with Crippen LogP contribution in [0.2, 0.25) is 0 Å². The molecular weight excluding hydrogens is 544 g/mol. The van der Waals surface area contributed by atoms with E-state index < -0.39 is 6.16 Å². The third kappa shape index (κ3) is 9.56. The van der Waals surface area contributed by atoms with E-state index in [1.54, 1.807) is 37.3 Å². The number of piperidine rings is 1. The van der Waals surface area contributed by atoms with Crippen LogP contribution >= 0.6 is 0 Å². The number of amides is 1. The second kappa shape index (κ2) is 16.3. The van der Waals surface area contributed by atoms with Crippen LogP contribution in [-0.2, 0) is 14.3 Å². The van der Waals surface area contributed by atoms with Gasteiger partial charge < -0.3 is 24.3 Å². The minimum atomic E-state index is -0.787. The Bertz CT molecular complexity index is 1330. The summed E-state index contributed by atoms with van der Waals surface area (Å²) in [7, 11) is 1.49. The number of benzene rings is 3. The Morgan fingerprint density at radius 2 is 1.58 bits per heavy atom. The molecule has 0 spiro atoms. The molecule has 0 radical (unpaired) electrons. The predicted octanol–water partition coefficient (Wildman–Crippen LogP) is 6.53. The van der Waals surface area contributed by atoms with E-state index in [2.05, 4.69) is 34.5 Å². The normalized spacial score (nSPS) is 15.1. The van der Waals surface area contributed by atoms with Gasteiger partial charge in [-0.1, -0.05) is 85.0 Å². The minimum Gasteiger partial charge on any atom is -0.493 e. The molecule has 0 saturated carbocycles. The number of likely N-dealkylation sites (tertiary alicyclic amines) is 1. The van der Waals surface area contributed by atoms with E-state index in [-0.39, 0.29) is 36.6 Å². The molecule has 1 heterocycles. The monoisotopic (exact) mass is 584 g/mol. The Morgan fingerprint density at radius 1 is 0.930 bits per heavy atom. The summed E-state index contributed by atoms with van der Waals surface area (Å²) in [6.45, 7) is 5.60. The van der Waals surface area contributed by atoms with Gasteiger partial charge in [-0.2, -0.15) is 0 Å². The maximum Gasteiger partial charge on any atom is 0.513 e. The number of carbonyl (C=O) groups is 2. The van der Waals surface area contributed by atoms with E-state index >= 15 is 0 Å². The first-order chi connectivity index (χ1) is 21.0. The standard InChI is InChI=1S/C35H40N2O6/c1-4-41-35(39)43-31-20-19-27(25-32(31)40-3)13-11-12-18-33(38)36-26(2)37-23-21-30(22-24-37)42-34(28-14-7-5-8-15-28)29-16-9-6-10-17-29/h5-20,25-26,30,34H,4,21-24H2,1-3H3,(H,36,38)/b13-11+,18-12+. The second-order valence-electron chi connectivity index (χ2n) is 10.2. The highest BCUT2D eigenvalue weighted by molar-refractivity contribution is 5.88. The molecule has 1 unspecified atom stereocenters. The summed E-state index contributed by atoms with van der Waals surface area (Å²) in [5.41, 5.74) is 3.12. The van der Waals surface area contributed by atoms with Gasteiger partial charge in [0.25, 0.3) is 0 Å². The highest BCUT2D eigenvalue weighted by Crippen LogP contribution is 2.31. The lowest BCUT2D eigenvalue weighted by molar-refractivity contribution is -0.118. The molecule has 0 bridgehead atoms. The summed E-state index contributed by atoms with van der Waals surface area (Å²) in [6.07, 6.45) is 7.71. The molecule has 1 N–H and O–H groups in total. The molecule has 3 aromatic rings. The van der Waals surface area contributed by atoms with Crippen molar-refractivity contribution in [3.05, 3.63) is 114 Å². The van der Waals surface area contributed by atoms with Crippen LogP contribution < -0.4 is 14.8 Å². The van der Waals surface area contributed by atoms with Gasteiger partial charge in [0, 0.05) is 19.2 Å². The van der Waals surface area contributed by atoms with E-state index in [0.29, 0.717) is 5.75 Å². The van der Waals surface area contributed by atoms with Crippen molar-refractivity contribution in [1.29, 1.82) is 0 Å². The molecule has 1 aliphatic heterocycles. The Morgan fingerprint density at radius 3 is 2.19 bits per heavy atom. The SMILES string of the molecule is CCOC(=O)Oc1ccc(/C=C/C=C/C(=O)NC(C)N2CCC(OC(c3ccccc3)c3ccccc3)CC2)cc1OC. The van der Waals surface area contributed by atoms with Crippen LogP contribution in [0.5, 0.6) is 11.5 Å². The van der Waals surface area contributed by atoms with E-state index in [1.807, 2.05) is 49.4 Å². The van der Waals surface area contributed by atoms with E-state index in [1.165, 1.54) is 13.2 Å². The number of ether oxygens (including phenoxy) is 4. The number of nitrogens with zero attached hydrogens (tertiary/aromatic N) is 1. The number of methoxy groups -OCH3 is 1. The fourth-order valence-electron chi connectivity index (χ4n) is 4.96. The first-order valence-electron chi connectivity index (χ1n) is 14.6. The minimum absolute atomic E-state index is 0.0997. The van der Waals surface area contributed by atoms with Gasteiger partial charge in [0.05, 0.1) is 26.0 Å². The molecule has 1 amide bonds. The summed E-state index contributed by atoms with van der Waals surface area (Å²) >= 11 is 0. The predicted molar refractivity (Wildman–Crippen MR) is 167 cm³/mol. The number of nitrogens with one attached hydrogen (secondary N) is 1. The van der Waals surface area contributed by atoms with Gasteiger partial charge in [-0.3, -0.25) is 9.69 Å². The van der Waals surface area contributed by atoms with E-state index in [0.717, 1.165) is 42.6 Å². The Hall–Kier alpha value is -4.40. The van der Waals surface area contributed by atoms with Crippen molar-refractivity contribution in [2.45, 2.75) is 45.1 Å². The van der Waals surface area contributed by atoms with Crippen molar-refractivity contribution in [2.75, 3.05) is 26.8 Å². The van der Waals surface area contributed by atoms with Crippen LogP contribution in [0, 0.1) is 0 Å². The second-order valence-corrected chi connectivity index (χ2v) is 10.2. The highest BCUT2D eigenvalue weighted by atomic mass is 16.7. The molecule has 1 atom stereocenters. The van der Waals surface area contributed by atoms with Gasteiger partial charge in [0.1, 0.15) is 6.10 Å². The lowest BCUT2D eigenvalue weighted by Gasteiger charge is -2.37. The largest absolute Gasteiger partial charge is 0.513 e. The lowest BCUT2D eigenvalue weighted by atomic mass is 10.00. The van der Waals surface area contributed by atoms with Crippen molar-refractivity contribution < 1.29 is 28.5 Å². The maximum absolute atomic E-state index is 12.6. The summed E-state index contributed by atoms with van der Waals surface area (Å²) in [6, 6.07) is 25.8. The number of hydrogen-bond acceptors (Lipinski definition) is 7. The summed E-state index contributed by atoms with van der Waals surface area (Å²) in [4.78, 5) is 26.4. The van der Waals surface area contributed by atoms with Crippen molar-refractivity contribution >= 4 is 18.1 Å². The van der Waals surface area contributed by atoms with Gasteiger partial charge >= 0.3 is 6.16 Å². The summed E-state index contributed by atoms with van der Waals surface area (Å²) in [5, 5.41) is 3.05. The topological polar surface area (TPSA) is 86.3 Å². The molecule has 4 rings (SSSR count). The zero-order valence-electron chi connectivity index (χ0n) is 25.0. The number of allylic oxidation sites excluding steroid dienone is 2. The van der Waals surface area contributed by atoms with Crippen molar-refractivity contribution in [1.82, 2.24) is 10.2 Å². The quantitative estimate of drug-likeness (QED) is 0.112. The van der Waals surface area contributed by atoms with Gasteiger partial charge in [-0.15, -0.1) is 0 Å². The number of carbonyl (C=O) groups excluding carboxylic acids is 2. The van der Waals surface area contributed by atoms with Crippen LogP contribution in [0.15, 0.2) is 97.1 Å². The number of hydrogen-bond donors (Lipinski definition) is 1. The van der Waals surface area contributed by atoms with Crippen LogP contribution in [0.3, 0.4) is 0 Å². The average Bonchev–Trinajstić information content (AvgIpc) is 3.03. The molecule has 1 aliphatic rings. The Kier molecular flexibility index (Phi) is 11.9. The first kappa shape index (κ1) is 31.5. The van der Waals surface area contributed by atoms with Crippen LogP contribution in [0.25, 0.3) is 6.08 Å². The van der Waals surface area contributed by atoms with Gasteiger partial charge in [0.2, 0.25) is 5.91 Å². The molecule has 0 aliphatic carbocycles. The molecule has 0 aromatic heterocycles. The molecule has 8 heteroatoms. The van der Waals surface area contributed by atoms with Crippen molar-refractivity contribution in [3.8, 4) is 11.5 Å². The molecule has 226 valence electrons. The van der Waals surface area contributed by atoms with E-state index in [4.69, 9.17) is 18.9 Å². The van der Waals surface area contributed by atoms with E-state index in [9.17, 15) is 9.59 Å². The van der Waals surface area contributed by atoms with Gasteiger partial charge in [0.15, 0.2) is 11.5 Å². The fourth-order valence-corrected chi connectivity index (χ4v) is 4.96. The van der Waals surface area contributed by atoms with Crippen LogP contribution in [-0.4, -0.2) is 56.0 Å². The maximum atomic E-state index is 12.6. The molecule has 43 heavy (non-hydrogen) atoms. The first-order valence-corrected chi connectivity index (χ1v) is 14.6. The average molecular weight is 585 g/mol. The fraction of sp³-hybridized carbons (Fsp3) is 0.314. The lowest BCUT2D eigenvalue weighted by Crippen LogP contribution is -2.50. The molecule has 1 fully saturated rings. The number of rotatable bonds is 12. The van der Waals surface area contributed by atoms with Crippen LogP contribution in [0.1, 0.15) is 49.5 Å². The Balaban J connectivity index is 1.24. The highest BCUT2D eigenvalue weighted by Gasteiger charge is 2.27. The third-order valence-corrected chi connectivity index (χ3v) is 7.20. The van der Waals surface area contributed by atoms with Gasteiger partial charge in [-0.05, 0) is 55.5 Å². The van der Waals surface area contributed by atoms with Gasteiger partial charge in [-0.25, -0.2) is 4.79 Å². The Labute approximate surface area is 253 Å². The smallest absolute Gasteiger partial charge is 0.493 e. The molecular formula is C35H40N2O6. The molecule has 8 nitrogen and oxygen atoms in total. The van der Waals surface area contributed by atoms with Crippen molar-refractivity contribution in [3.63, 3.8) is 0 Å². The zero-order valence-corrected chi connectivity index (χ0v) is 25.0. The van der Waals surface area contributed by atoms with Crippen molar-refractivity contribution in [2.24, 2.45) is 0 Å². The third-order valence-electron chi connectivity index (χ3n) is 7.20. The zero-order chi connectivity index (χ0) is 30.4. The summed E-state index contributed by atoms with van der Waals surface area (Å²) in [5.74, 6) is 0.500. The molecule has 3 aromatic carbocycles. The van der Waals surface area contributed by atoms with Crippen LogP contribution in [0.4, 0.5) is 4.79 Å². The summed E-state index contributed by atoms with van der Waals surface area (Å²) < 4.78 is 21.9.